The lowest BCUT2D eigenvalue weighted by Gasteiger charge is -2.23. The molecule has 118 valence electrons. The van der Waals surface area contributed by atoms with E-state index < -0.39 is 0 Å². The molecule has 7 heteroatoms. The highest BCUT2D eigenvalue weighted by molar-refractivity contribution is 6.33. The minimum atomic E-state index is 0.365. The van der Waals surface area contributed by atoms with Crippen molar-refractivity contribution < 1.29 is 4.42 Å². The van der Waals surface area contributed by atoms with Crippen LogP contribution in [0.2, 0.25) is 5.02 Å². The first-order valence-corrected chi connectivity index (χ1v) is 7.97. The van der Waals surface area contributed by atoms with Crippen LogP contribution in [0.15, 0.2) is 41.3 Å². The molecule has 1 aliphatic heterocycles. The summed E-state index contributed by atoms with van der Waals surface area (Å²) >= 11 is 6.17. The van der Waals surface area contributed by atoms with E-state index in [4.69, 9.17) is 16.0 Å². The number of fused-ring (bicyclic) bond motifs is 1. The molecule has 0 aliphatic carbocycles. The number of halogens is 1. The van der Waals surface area contributed by atoms with E-state index in [-0.39, 0.29) is 0 Å². The third-order valence-electron chi connectivity index (χ3n) is 4.03. The van der Waals surface area contributed by atoms with Gasteiger partial charge in [-0.1, -0.05) is 23.7 Å². The molecular formula is C16H16ClN5O. The summed E-state index contributed by atoms with van der Waals surface area (Å²) < 4.78 is 7.51. The maximum Gasteiger partial charge on any atom is 0.227 e. The van der Waals surface area contributed by atoms with Gasteiger partial charge in [0.2, 0.25) is 5.89 Å². The van der Waals surface area contributed by atoms with Gasteiger partial charge in [-0.3, -0.25) is 0 Å². The van der Waals surface area contributed by atoms with Gasteiger partial charge in [-0.2, -0.15) is 5.10 Å². The molecule has 0 radical (unpaired) electrons. The Hall–Kier alpha value is -2.18. The van der Waals surface area contributed by atoms with E-state index in [0.717, 1.165) is 36.5 Å². The zero-order valence-corrected chi connectivity index (χ0v) is 13.2. The summed E-state index contributed by atoms with van der Waals surface area (Å²) in [6.45, 7) is 1.49. The summed E-state index contributed by atoms with van der Waals surface area (Å²) in [6, 6.07) is 7.90. The molecule has 0 amide bonds. The Labute approximate surface area is 138 Å². The Balaban J connectivity index is 1.40. The van der Waals surface area contributed by atoms with E-state index in [1.807, 2.05) is 28.9 Å². The predicted molar refractivity (Wildman–Crippen MR) is 85.9 cm³/mol. The first kappa shape index (κ1) is 14.4. The van der Waals surface area contributed by atoms with Crippen molar-refractivity contribution in [1.82, 2.24) is 25.1 Å². The maximum atomic E-state index is 6.17. The van der Waals surface area contributed by atoms with Gasteiger partial charge in [0.25, 0.3) is 0 Å². The van der Waals surface area contributed by atoms with Crippen molar-refractivity contribution >= 4 is 11.6 Å². The first-order chi connectivity index (χ1) is 11.3. The minimum Gasteiger partial charge on any atom is -0.444 e. The monoisotopic (exact) mass is 329 g/mol. The van der Waals surface area contributed by atoms with Gasteiger partial charge in [0, 0.05) is 19.0 Å². The molecule has 3 heterocycles. The Bertz CT molecular complexity index is 812. The fourth-order valence-corrected chi connectivity index (χ4v) is 3.02. The standard InChI is InChI=1S/C16H16ClN5O/c17-14-4-2-1-3-13(14)16-21-12(9-23-16)7-18-11-5-6-15-19-10-20-22(15)8-11/h1-4,9-11,18H,5-8H2/t11-/m1/s1. The molecule has 2 aromatic heterocycles. The van der Waals surface area contributed by atoms with Crippen molar-refractivity contribution in [2.24, 2.45) is 0 Å². The van der Waals surface area contributed by atoms with Crippen molar-refractivity contribution in [3.05, 3.63) is 53.4 Å². The maximum absolute atomic E-state index is 6.17. The molecule has 3 aromatic rings. The van der Waals surface area contributed by atoms with E-state index in [1.165, 1.54) is 0 Å². The van der Waals surface area contributed by atoms with Gasteiger partial charge in [-0.25, -0.2) is 14.6 Å². The molecule has 0 unspecified atom stereocenters. The Morgan fingerprint density at radius 1 is 1.35 bits per heavy atom. The average Bonchev–Trinajstić information content (AvgIpc) is 3.22. The summed E-state index contributed by atoms with van der Waals surface area (Å²) in [4.78, 5) is 8.75. The van der Waals surface area contributed by atoms with Crippen LogP contribution in [0.4, 0.5) is 0 Å². The summed E-state index contributed by atoms with van der Waals surface area (Å²) in [6.07, 6.45) is 5.29. The van der Waals surface area contributed by atoms with Gasteiger partial charge >= 0.3 is 0 Å². The fourth-order valence-electron chi connectivity index (χ4n) is 2.80. The van der Waals surface area contributed by atoms with Crippen LogP contribution in [0, 0.1) is 0 Å². The molecule has 0 fully saturated rings. The second-order valence-corrected chi connectivity index (χ2v) is 6.01. The molecule has 23 heavy (non-hydrogen) atoms. The van der Waals surface area contributed by atoms with Crippen LogP contribution in [0.5, 0.6) is 0 Å². The zero-order chi connectivity index (χ0) is 15.6. The molecule has 0 spiro atoms. The van der Waals surface area contributed by atoms with Gasteiger partial charge in [0.15, 0.2) is 0 Å². The molecule has 1 atom stereocenters. The average molecular weight is 330 g/mol. The molecular weight excluding hydrogens is 314 g/mol. The van der Waals surface area contributed by atoms with Crippen molar-refractivity contribution in [3.8, 4) is 11.5 Å². The van der Waals surface area contributed by atoms with E-state index in [9.17, 15) is 0 Å². The van der Waals surface area contributed by atoms with Crippen molar-refractivity contribution in [2.45, 2.75) is 32.0 Å². The smallest absolute Gasteiger partial charge is 0.227 e. The van der Waals surface area contributed by atoms with Crippen LogP contribution in [0.3, 0.4) is 0 Å². The van der Waals surface area contributed by atoms with Crippen LogP contribution >= 0.6 is 11.6 Å². The summed E-state index contributed by atoms with van der Waals surface area (Å²) in [5, 5.41) is 8.37. The van der Waals surface area contributed by atoms with Crippen LogP contribution in [0.1, 0.15) is 17.9 Å². The van der Waals surface area contributed by atoms with Gasteiger partial charge in [0.1, 0.15) is 18.4 Å². The normalized spacial score (nSPS) is 17.2. The summed E-state index contributed by atoms with van der Waals surface area (Å²) in [7, 11) is 0. The zero-order valence-electron chi connectivity index (χ0n) is 12.4. The third kappa shape index (κ3) is 3.00. The van der Waals surface area contributed by atoms with Gasteiger partial charge in [0.05, 0.1) is 22.8 Å². The molecule has 0 bridgehead atoms. The Morgan fingerprint density at radius 3 is 3.17 bits per heavy atom. The molecule has 1 aromatic carbocycles. The molecule has 6 nitrogen and oxygen atoms in total. The van der Waals surface area contributed by atoms with Gasteiger partial charge < -0.3 is 9.73 Å². The quantitative estimate of drug-likeness (QED) is 0.797. The molecule has 1 N–H and O–H groups in total. The van der Waals surface area contributed by atoms with E-state index in [2.05, 4.69) is 20.4 Å². The summed E-state index contributed by atoms with van der Waals surface area (Å²) in [5.41, 5.74) is 1.68. The number of benzene rings is 1. The second kappa shape index (κ2) is 6.14. The minimum absolute atomic E-state index is 0.365. The van der Waals surface area contributed by atoms with Crippen LogP contribution in [-0.2, 0) is 19.5 Å². The van der Waals surface area contributed by atoms with Crippen molar-refractivity contribution in [1.29, 1.82) is 0 Å². The first-order valence-electron chi connectivity index (χ1n) is 7.59. The highest BCUT2D eigenvalue weighted by atomic mass is 35.5. The number of aromatic nitrogens is 4. The van der Waals surface area contributed by atoms with Crippen LogP contribution < -0.4 is 5.32 Å². The van der Waals surface area contributed by atoms with Crippen LogP contribution in [-0.4, -0.2) is 25.8 Å². The predicted octanol–water partition coefficient (Wildman–Crippen LogP) is 2.69. The molecule has 4 rings (SSSR count). The summed E-state index contributed by atoms with van der Waals surface area (Å²) in [5.74, 6) is 1.61. The second-order valence-electron chi connectivity index (χ2n) is 5.60. The third-order valence-corrected chi connectivity index (χ3v) is 4.36. The number of nitrogens with zero attached hydrogens (tertiary/aromatic N) is 4. The molecule has 1 aliphatic rings. The number of hydrogen-bond acceptors (Lipinski definition) is 5. The fraction of sp³-hybridized carbons (Fsp3) is 0.312. The largest absolute Gasteiger partial charge is 0.444 e. The lowest BCUT2D eigenvalue weighted by atomic mass is 10.1. The van der Waals surface area contributed by atoms with Gasteiger partial charge in [-0.15, -0.1) is 0 Å². The van der Waals surface area contributed by atoms with Crippen LogP contribution in [0.25, 0.3) is 11.5 Å². The van der Waals surface area contributed by atoms with E-state index >= 15 is 0 Å². The highest BCUT2D eigenvalue weighted by Crippen LogP contribution is 2.26. The Morgan fingerprint density at radius 2 is 2.26 bits per heavy atom. The number of aryl methyl sites for hydroxylation is 1. The van der Waals surface area contributed by atoms with Crippen molar-refractivity contribution in [2.75, 3.05) is 0 Å². The Kier molecular flexibility index (Phi) is 3.85. The van der Waals surface area contributed by atoms with E-state index in [1.54, 1.807) is 12.6 Å². The molecule has 0 saturated heterocycles. The number of oxazole rings is 1. The SMILES string of the molecule is Clc1ccccc1-c1nc(CN[C@@H]2CCc3ncnn3C2)co1. The molecule has 0 saturated carbocycles. The topological polar surface area (TPSA) is 68.8 Å². The lowest BCUT2D eigenvalue weighted by Crippen LogP contribution is -2.37. The number of rotatable bonds is 4. The highest BCUT2D eigenvalue weighted by Gasteiger charge is 2.19. The number of hydrogen-bond donors (Lipinski definition) is 1. The van der Waals surface area contributed by atoms with Crippen molar-refractivity contribution in [3.63, 3.8) is 0 Å². The number of nitrogens with one attached hydrogen (secondary N) is 1. The lowest BCUT2D eigenvalue weighted by molar-refractivity contribution is 0.356. The van der Waals surface area contributed by atoms with E-state index in [0.29, 0.717) is 23.5 Å². The van der Waals surface area contributed by atoms with Gasteiger partial charge in [-0.05, 0) is 18.6 Å².